The molecule has 1 rings (SSSR count). The Bertz CT molecular complexity index is 329. The van der Waals surface area contributed by atoms with E-state index in [1.807, 2.05) is 6.07 Å². The summed E-state index contributed by atoms with van der Waals surface area (Å²) < 4.78 is 0.891. The molecule has 0 aliphatic heterocycles. The number of urea groups is 1. The van der Waals surface area contributed by atoms with Gasteiger partial charge in [-0.25, -0.2) is 4.79 Å². The van der Waals surface area contributed by atoms with E-state index in [1.54, 1.807) is 24.3 Å². The summed E-state index contributed by atoms with van der Waals surface area (Å²) in [6.45, 7) is 0. The fraction of sp³-hybridized carbons (Fsp3) is 0.111. The Balaban J connectivity index is 2.93. The van der Waals surface area contributed by atoms with Gasteiger partial charge in [-0.1, -0.05) is 43.1 Å². The Kier molecular flexibility index (Phi) is 3.53. The van der Waals surface area contributed by atoms with Crippen LogP contribution >= 0.6 is 12.8 Å². The summed E-state index contributed by atoms with van der Waals surface area (Å²) in [6.07, 6.45) is 0.618. The van der Waals surface area contributed by atoms with Crippen molar-refractivity contribution < 1.29 is 9.59 Å². The lowest BCUT2D eigenvalue weighted by Crippen LogP contribution is -2.32. The summed E-state index contributed by atoms with van der Waals surface area (Å²) in [6, 6.07) is 7.32. The molecule has 2 N–H and O–H groups in total. The predicted molar refractivity (Wildman–Crippen MR) is 55.7 cm³/mol. The molecule has 1 aromatic carbocycles. The Labute approximate surface area is 87.2 Å². The number of primary amides is 1. The van der Waals surface area contributed by atoms with Gasteiger partial charge in [-0.2, -0.15) is 0 Å². The van der Waals surface area contributed by atoms with Crippen LogP contribution in [0.1, 0.15) is 11.6 Å². The second kappa shape index (κ2) is 4.66. The molecule has 0 saturated heterocycles. The first-order valence-electron chi connectivity index (χ1n) is 3.94. The van der Waals surface area contributed by atoms with Gasteiger partial charge in [-0.05, 0) is 5.56 Å². The molecule has 0 radical (unpaired) electrons. The van der Waals surface area contributed by atoms with Crippen molar-refractivity contribution in [3.05, 3.63) is 35.9 Å². The normalized spacial score (nSPS) is 11.8. The molecule has 1 unspecified atom stereocenters. The van der Waals surface area contributed by atoms with E-state index in [1.165, 1.54) is 0 Å². The monoisotopic (exact) mass is 210 g/mol. The lowest BCUT2D eigenvalue weighted by Gasteiger charge is -2.19. The van der Waals surface area contributed by atoms with Crippen LogP contribution in [-0.2, 0) is 4.79 Å². The van der Waals surface area contributed by atoms with Gasteiger partial charge in [0.15, 0.2) is 0 Å². The minimum Gasteiger partial charge on any atom is -0.351 e. The fourth-order valence-corrected chi connectivity index (χ4v) is 1.25. The maximum atomic E-state index is 10.8. The molecule has 14 heavy (non-hydrogen) atoms. The molecular weight excluding hydrogens is 200 g/mol. The van der Waals surface area contributed by atoms with Gasteiger partial charge in [0.05, 0.1) is 0 Å². The third-order valence-electron chi connectivity index (χ3n) is 1.76. The number of carbonyl (C=O) groups is 2. The number of thiol groups is 1. The summed E-state index contributed by atoms with van der Waals surface area (Å²) in [5.74, 6) is 0. The van der Waals surface area contributed by atoms with Crippen molar-refractivity contribution >= 4 is 25.1 Å². The highest BCUT2D eigenvalue weighted by atomic mass is 32.1. The van der Waals surface area contributed by atoms with Gasteiger partial charge in [0, 0.05) is 0 Å². The predicted octanol–water partition coefficient (Wildman–Crippen LogP) is 1.15. The molecule has 74 valence electrons. The molecule has 0 bridgehead atoms. The van der Waals surface area contributed by atoms with E-state index in [-0.39, 0.29) is 0 Å². The summed E-state index contributed by atoms with van der Waals surface area (Å²) >= 11 is 3.84. The molecule has 4 nitrogen and oxygen atoms in total. The molecule has 0 aliphatic carbocycles. The smallest absolute Gasteiger partial charge is 0.325 e. The molecule has 5 heteroatoms. The maximum Gasteiger partial charge on any atom is 0.325 e. The third kappa shape index (κ3) is 2.26. The van der Waals surface area contributed by atoms with E-state index in [0.29, 0.717) is 11.8 Å². The number of benzene rings is 1. The molecular formula is C9H10N2O2S. The van der Waals surface area contributed by atoms with Crippen LogP contribution in [0.2, 0.25) is 0 Å². The lowest BCUT2D eigenvalue weighted by atomic mass is 10.1. The maximum absolute atomic E-state index is 10.8. The van der Waals surface area contributed by atoms with Gasteiger partial charge < -0.3 is 10.5 Å². The van der Waals surface area contributed by atoms with Crippen molar-refractivity contribution in [3.63, 3.8) is 0 Å². The summed E-state index contributed by atoms with van der Waals surface area (Å²) in [5.41, 5.74) is 5.68. The van der Waals surface area contributed by atoms with Gasteiger partial charge in [0.25, 0.3) is 0 Å². The highest BCUT2D eigenvalue weighted by molar-refractivity contribution is 7.78. The number of hydrogen-bond donors (Lipinski definition) is 2. The van der Waals surface area contributed by atoms with Crippen molar-refractivity contribution in [1.29, 1.82) is 0 Å². The average molecular weight is 210 g/mol. The number of amides is 2. The van der Waals surface area contributed by atoms with Crippen LogP contribution in [0.3, 0.4) is 0 Å². The third-order valence-corrected chi connectivity index (χ3v) is 2.21. The molecule has 0 heterocycles. The lowest BCUT2D eigenvalue weighted by molar-refractivity contribution is -0.110. The average Bonchev–Trinajstić information content (AvgIpc) is 2.20. The van der Waals surface area contributed by atoms with Crippen LogP contribution in [0.4, 0.5) is 4.79 Å². The van der Waals surface area contributed by atoms with Crippen molar-refractivity contribution in [1.82, 2.24) is 4.31 Å². The van der Waals surface area contributed by atoms with Crippen LogP contribution < -0.4 is 5.73 Å². The fourth-order valence-electron chi connectivity index (χ4n) is 1.06. The number of carbonyl (C=O) groups excluding carboxylic acids is 2. The second-order valence-electron chi connectivity index (χ2n) is 2.67. The van der Waals surface area contributed by atoms with Crippen LogP contribution in [0, 0.1) is 0 Å². The topological polar surface area (TPSA) is 63.4 Å². The first kappa shape index (κ1) is 10.6. The van der Waals surface area contributed by atoms with E-state index in [9.17, 15) is 9.59 Å². The van der Waals surface area contributed by atoms with Gasteiger partial charge in [-0.3, -0.25) is 4.31 Å². The quantitative estimate of drug-likeness (QED) is 0.580. The molecule has 0 aromatic heterocycles. The van der Waals surface area contributed by atoms with Crippen molar-refractivity contribution in [2.45, 2.75) is 6.04 Å². The number of nitrogens with zero attached hydrogens (tertiary/aromatic N) is 1. The van der Waals surface area contributed by atoms with Gasteiger partial charge in [-0.15, -0.1) is 0 Å². The molecule has 1 aromatic rings. The van der Waals surface area contributed by atoms with E-state index in [4.69, 9.17) is 5.73 Å². The van der Waals surface area contributed by atoms with Gasteiger partial charge >= 0.3 is 6.03 Å². The van der Waals surface area contributed by atoms with E-state index < -0.39 is 12.1 Å². The molecule has 0 saturated carbocycles. The summed E-state index contributed by atoms with van der Waals surface area (Å²) in [7, 11) is 0. The van der Waals surface area contributed by atoms with Crippen molar-refractivity contribution in [2.24, 2.45) is 5.73 Å². The van der Waals surface area contributed by atoms with Gasteiger partial charge in [0.2, 0.25) is 0 Å². The zero-order valence-electron chi connectivity index (χ0n) is 7.33. The Morgan fingerprint density at radius 3 is 2.43 bits per heavy atom. The van der Waals surface area contributed by atoms with E-state index in [0.717, 1.165) is 4.31 Å². The first-order chi connectivity index (χ1) is 6.66. The largest absolute Gasteiger partial charge is 0.351 e. The Hall–Kier alpha value is -1.49. The highest BCUT2D eigenvalue weighted by Crippen LogP contribution is 2.19. The molecule has 1 atom stereocenters. The van der Waals surface area contributed by atoms with Crippen LogP contribution in [0.25, 0.3) is 0 Å². The molecule has 0 fully saturated rings. The number of nitrogens with two attached hydrogens (primary N) is 1. The second-order valence-corrected chi connectivity index (χ2v) is 3.11. The number of rotatable bonds is 3. The van der Waals surface area contributed by atoms with Crippen molar-refractivity contribution in [2.75, 3.05) is 0 Å². The van der Waals surface area contributed by atoms with E-state index in [2.05, 4.69) is 12.8 Å². The standard InChI is InChI=1S/C9H10N2O2S/c10-9(13)11(14)8(6-12)7-4-2-1-3-5-7/h1-6,8,14H,(H2,10,13). The SMILES string of the molecule is NC(=O)N(S)C(C=O)c1ccccc1. The number of aldehydes is 1. The number of hydrogen-bond acceptors (Lipinski definition) is 3. The van der Waals surface area contributed by atoms with E-state index >= 15 is 0 Å². The molecule has 0 spiro atoms. The summed E-state index contributed by atoms with van der Waals surface area (Å²) in [5, 5.41) is 0. The highest BCUT2D eigenvalue weighted by Gasteiger charge is 2.19. The zero-order valence-corrected chi connectivity index (χ0v) is 8.22. The van der Waals surface area contributed by atoms with Crippen LogP contribution in [-0.4, -0.2) is 16.6 Å². The minimum absolute atomic E-state index is 0.618. The minimum atomic E-state index is -0.755. The first-order valence-corrected chi connectivity index (χ1v) is 4.34. The molecule has 0 aliphatic rings. The summed E-state index contributed by atoms with van der Waals surface area (Å²) in [4.78, 5) is 21.5. The molecule has 2 amide bonds. The Morgan fingerprint density at radius 2 is 2.00 bits per heavy atom. The van der Waals surface area contributed by atoms with Crippen LogP contribution in [0.5, 0.6) is 0 Å². The van der Waals surface area contributed by atoms with Gasteiger partial charge in [0.1, 0.15) is 12.3 Å². The van der Waals surface area contributed by atoms with Crippen LogP contribution in [0.15, 0.2) is 30.3 Å². The van der Waals surface area contributed by atoms with Crippen molar-refractivity contribution in [3.8, 4) is 0 Å². The Morgan fingerprint density at radius 1 is 1.43 bits per heavy atom. The zero-order chi connectivity index (χ0) is 10.6.